The molecule has 0 N–H and O–H groups in total. The maximum Gasteiger partial charge on any atom is 0.146 e. The minimum Gasteiger partial charge on any atom is -0.360 e. The lowest BCUT2D eigenvalue weighted by Crippen LogP contribution is -1.75. The monoisotopic (exact) mass is 167 g/mol. The molecule has 0 aliphatic rings. The summed E-state index contributed by atoms with van der Waals surface area (Å²) in [5, 5.41) is 3.76. The summed E-state index contributed by atoms with van der Waals surface area (Å²) in [7, 11) is 0. The number of rotatable bonds is 3. The Balaban J connectivity index is 2.34. The Morgan fingerprint density at radius 2 is 2.64 bits per heavy atom. The van der Waals surface area contributed by atoms with Crippen LogP contribution in [0, 0.1) is 19.3 Å². The van der Waals surface area contributed by atoms with Crippen LogP contribution in [0.25, 0.3) is 0 Å². The van der Waals surface area contributed by atoms with Gasteiger partial charge < -0.3 is 4.52 Å². The smallest absolute Gasteiger partial charge is 0.146 e. The first kappa shape index (κ1) is 8.22. The second-order valence-corrected chi connectivity index (χ2v) is 3.12. The molecular formula is C8H9NOS. The maximum atomic E-state index is 5.08. The van der Waals surface area contributed by atoms with E-state index in [0.717, 1.165) is 23.0 Å². The lowest BCUT2D eigenvalue weighted by molar-refractivity contribution is 0.391. The molecule has 1 heterocycles. The third kappa shape index (κ3) is 2.69. The lowest BCUT2D eigenvalue weighted by Gasteiger charge is -1.88. The Kier molecular flexibility index (Phi) is 3.06. The van der Waals surface area contributed by atoms with Crippen LogP contribution in [0.5, 0.6) is 0 Å². The molecule has 0 bridgehead atoms. The summed E-state index contributed by atoms with van der Waals surface area (Å²) < 4.78 is 4.97. The summed E-state index contributed by atoms with van der Waals surface area (Å²) in [6, 6.07) is 1.92. The summed E-state index contributed by atoms with van der Waals surface area (Å²) in [6.07, 6.45) is 5.08. The number of nitrogens with zero attached hydrogens (tertiary/aromatic N) is 1. The van der Waals surface area contributed by atoms with Crippen molar-refractivity contribution >= 4 is 11.8 Å². The number of thioether (sulfide) groups is 1. The predicted molar refractivity (Wildman–Crippen MR) is 46.2 cm³/mol. The van der Waals surface area contributed by atoms with Crippen molar-refractivity contribution in [3.8, 4) is 12.3 Å². The highest BCUT2D eigenvalue weighted by Gasteiger charge is 1.98. The van der Waals surface area contributed by atoms with E-state index in [4.69, 9.17) is 10.9 Å². The molecule has 0 unspecified atom stereocenters. The van der Waals surface area contributed by atoms with Crippen molar-refractivity contribution in [2.75, 3.05) is 5.75 Å². The number of hydrogen-bond acceptors (Lipinski definition) is 3. The largest absolute Gasteiger partial charge is 0.360 e. The Morgan fingerprint density at radius 1 is 1.82 bits per heavy atom. The van der Waals surface area contributed by atoms with Gasteiger partial charge in [-0.1, -0.05) is 11.1 Å². The van der Waals surface area contributed by atoms with Crippen molar-refractivity contribution in [1.29, 1.82) is 0 Å². The van der Waals surface area contributed by atoms with E-state index in [1.54, 1.807) is 11.8 Å². The molecule has 0 aliphatic carbocycles. The van der Waals surface area contributed by atoms with Gasteiger partial charge in [-0.15, -0.1) is 18.2 Å². The van der Waals surface area contributed by atoms with Gasteiger partial charge >= 0.3 is 0 Å². The van der Waals surface area contributed by atoms with Gasteiger partial charge in [0, 0.05) is 6.07 Å². The van der Waals surface area contributed by atoms with Crippen LogP contribution in [0.2, 0.25) is 0 Å². The van der Waals surface area contributed by atoms with Crippen molar-refractivity contribution in [2.24, 2.45) is 0 Å². The molecule has 0 saturated carbocycles. The van der Waals surface area contributed by atoms with Crippen molar-refractivity contribution < 1.29 is 4.52 Å². The number of aromatic nitrogens is 1. The summed E-state index contributed by atoms with van der Waals surface area (Å²) in [6.45, 7) is 1.90. The number of aryl methyl sites for hydroxylation is 1. The molecule has 2 nitrogen and oxygen atoms in total. The van der Waals surface area contributed by atoms with E-state index in [9.17, 15) is 0 Å². The fraction of sp³-hybridized carbons (Fsp3) is 0.375. The third-order valence-corrected chi connectivity index (χ3v) is 1.97. The number of terminal acetylenes is 1. The van der Waals surface area contributed by atoms with Crippen LogP contribution in [0.4, 0.5) is 0 Å². The zero-order valence-corrected chi connectivity index (χ0v) is 7.15. The molecular weight excluding hydrogens is 158 g/mol. The average Bonchev–Trinajstić information content (AvgIpc) is 2.37. The molecule has 1 aromatic heterocycles. The van der Waals surface area contributed by atoms with Gasteiger partial charge in [0.2, 0.25) is 0 Å². The molecule has 58 valence electrons. The third-order valence-electron chi connectivity index (χ3n) is 1.11. The molecule has 3 heteroatoms. The van der Waals surface area contributed by atoms with E-state index in [2.05, 4.69) is 11.1 Å². The molecule has 0 radical (unpaired) electrons. The zero-order valence-electron chi connectivity index (χ0n) is 6.33. The first-order valence-corrected chi connectivity index (χ1v) is 4.42. The van der Waals surface area contributed by atoms with Crippen molar-refractivity contribution in [3.05, 3.63) is 17.5 Å². The molecule has 11 heavy (non-hydrogen) atoms. The Morgan fingerprint density at radius 3 is 3.18 bits per heavy atom. The summed E-state index contributed by atoms with van der Waals surface area (Å²) in [5.74, 6) is 4.97. The van der Waals surface area contributed by atoms with Gasteiger partial charge in [-0.2, -0.15) is 0 Å². The fourth-order valence-electron chi connectivity index (χ4n) is 0.695. The normalized spacial score (nSPS) is 9.45. The van der Waals surface area contributed by atoms with Crippen molar-refractivity contribution in [1.82, 2.24) is 5.16 Å². The van der Waals surface area contributed by atoms with E-state index in [-0.39, 0.29) is 0 Å². The van der Waals surface area contributed by atoms with Crippen LogP contribution in [0.15, 0.2) is 10.6 Å². The second-order valence-electron chi connectivity index (χ2n) is 2.13. The topological polar surface area (TPSA) is 26.0 Å². The van der Waals surface area contributed by atoms with Gasteiger partial charge in [-0.05, 0) is 6.92 Å². The van der Waals surface area contributed by atoms with Crippen molar-refractivity contribution in [2.45, 2.75) is 12.7 Å². The van der Waals surface area contributed by atoms with Gasteiger partial charge in [-0.25, -0.2) is 0 Å². The van der Waals surface area contributed by atoms with Crippen molar-refractivity contribution in [3.63, 3.8) is 0 Å². The van der Waals surface area contributed by atoms with Gasteiger partial charge in [0.05, 0.1) is 17.2 Å². The van der Waals surface area contributed by atoms with Crippen LogP contribution >= 0.6 is 11.8 Å². The molecule has 1 aromatic rings. The first-order chi connectivity index (χ1) is 5.33. The molecule has 0 saturated heterocycles. The molecule has 0 aromatic carbocycles. The Hall–Kier alpha value is -0.880. The van der Waals surface area contributed by atoms with Gasteiger partial charge in [0.25, 0.3) is 0 Å². The van der Waals surface area contributed by atoms with E-state index in [0.29, 0.717) is 0 Å². The van der Waals surface area contributed by atoms with Crippen LogP contribution < -0.4 is 0 Å². The van der Waals surface area contributed by atoms with E-state index < -0.39 is 0 Å². The van der Waals surface area contributed by atoms with Gasteiger partial charge in [0.15, 0.2) is 0 Å². The van der Waals surface area contributed by atoms with Crippen LogP contribution in [0.3, 0.4) is 0 Å². The standard InChI is InChI=1S/C8H9NOS/c1-3-4-11-6-8-5-7(2)9-10-8/h1,5H,4,6H2,2H3. The second kappa shape index (κ2) is 4.09. The molecule has 0 aliphatic heterocycles. The van der Waals surface area contributed by atoms with E-state index in [1.807, 2.05) is 13.0 Å². The average molecular weight is 167 g/mol. The molecule has 1 rings (SSSR count). The highest BCUT2D eigenvalue weighted by atomic mass is 32.2. The van der Waals surface area contributed by atoms with E-state index >= 15 is 0 Å². The highest BCUT2D eigenvalue weighted by Crippen LogP contribution is 2.11. The maximum absolute atomic E-state index is 5.08. The quantitative estimate of drug-likeness (QED) is 0.507. The SMILES string of the molecule is C#CCSCc1cc(C)no1. The van der Waals surface area contributed by atoms with E-state index in [1.165, 1.54) is 0 Å². The molecule has 0 fully saturated rings. The van der Waals surface area contributed by atoms with Crippen LogP contribution in [-0.4, -0.2) is 10.9 Å². The zero-order chi connectivity index (χ0) is 8.10. The first-order valence-electron chi connectivity index (χ1n) is 3.26. The Labute approximate surface area is 70.3 Å². The minimum absolute atomic E-state index is 0.722. The molecule has 0 spiro atoms. The summed E-state index contributed by atoms with van der Waals surface area (Å²) in [4.78, 5) is 0. The molecule has 0 atom stereocenters. The lowest BCUT2D eigenvalue weighted by atomic mass is 10.4. The summed E-state index contributed by atoms with van der Waals surface area (Å²) >= 11 is 1.65. The van der Waals surface area contributed by atoms with Crippen LogP contribution in [0.1, 0.15) is 11.5 Å². The van der Waals surface area contributed by atoms with Gasteiger partial charge in [-0.3, -0.25) is 0 Å². The predicted octanol–water partition coefficient (Wildman–Crippen LogP) is 1.85. The summed E-state index contributed by atoms with van der Waals surface area (Å²) in [5.41, 5.74) is 0.918. The van der Waals surface area contributed by atoms with Crippen LogP contribution in [-0.2, 0) is 5.75 Å². The fourth-order valence-corrected chi connectivity index (χ4v) is 1.25. The van der Waals surface area contributed by atoms with Gasteiger partial charge in [0.1, 0.15) is 5.76 Å². The highest BCUT2D eigenvalue weighted by molar-refractivity contribution is 7.98. The Bertz CT molecular complexity index is 261. The molecule has 0 amide bonds. The minimum atomic E-state index is 0.722. The number of hydrogen-bond donors (Lipinski definition) is 0.